The SMILES string of the molecule is CC1=CC(C)(C)c2cc3c(cc21)-c1cc2c(cc1[CH]3[Zr+2]([C]1=C(C)C([Si](C)(C)C)=CC1C)=[C]1CCCCC1)C(C)(C)C=C2C.[Cl-].[Cl-]. The van der Waals surface area contributed by atoms with E-state index in [-0.39, 0.29) is 35.6 Å². The normalized spacial score (nSPS) is 22.3. The molecule has 45 heavy (non-hydrogen) atoms. The first kappa shape index (κ1) is 35.3. The molecular weight excluding hydrogens is 683 g/mol. The van der Waals surface area contributed by atoms with Crippen molar-refractivity contribution in [3.63, 3.8) is 0 Å². The van der Waals surface area contributed by atoms with E-state index in [2.05, 4.69) is 118 Å². The van der Waals surface area contributed by atoms with Crippen LogP contribution >= 0.6 is 0 Å². The molecule has 0 bridgehead atoms. The Bertz CT molecular complexity index is 1680. The van der Waals surface area contributed by atoms with E-state index in [0.29, 0.717) is 9.54 Å². The molecule has 0 amide bonds. The summed E-state index contributed by atoms with van der Waals surface area (Å²) in [7, 11) is -1.42. The Labute approximate surface area is 294 Å². The molecule has 0 aromatic heterocycles. The minimum atomic E-state index is -2.41. The van der Waals surface area contributed by atoms with Crippen molar-refractivity contribution in [3.8, 4) is 11.1 Å². The van der Waals surface area contributed by atoms with Crippen molar-refractivity contribution in [2.45, 2.75) is 122 Å². The van der Waals surface area contributed by atoms with Gasteiger partial charge in [-0.2, -0.15) is 0 Å². The summed E-state index contributed by atoms with van der Waals surface area (Å²) >= 11 is -2.41. The molecule has 0 spiro atoms. The van der Waals surface area contributed by atoms with Crippen LogP contribution in [0, 0.1) is 5.92 Å². The van der Waals surface area contributed by atoms with Gasteiger partial charge in [-0.05, 0) is 0 Å². The third-order valence-corrected chi connectivity index (χ3v) is 23.3. The van der Waals surface area contributed by atoms with Crippen LogP contribution in [0.15, 0.2) is 56.5 Å². The van der Waals surface area contributed by atoms with E-state index in [1.54, 1.807) is 44.2 Å². The average Bonchev–Trinajstić information content (AvgIpc) is 3.55. The minimum absolute atomic E-state index is 0. The second-order valence-electron chi connectivity index (χ2n) is 16.7. The van der Waals surface area contributed by atoms with Crippen molar-refractivity contribution in [2.75, 3.05) is 0 Å². The van der Waals surface area contributed by atoms with E-state index >= 15 is 0 Å². The van der Waals surface area contributed by atoms with E-state index in [1.807, 2.05) is 6.49 Å². The van der Waals surface area contributed by atoms with Crippen LogP contribution in [0.4, 0.5) is 0 Å². The predicted octanol–water partition coefficient (Wildman–Crippen LogP) is 5.64. The predicted molar refractivity (Wildman–Crippen MR) is 188 cm³/mol. The summed E-state index contributed by atoms with van der Waals surface area (Å²) in [5.74, 6) is 0.600. The van der Waals surface area contributed by atoms with Gasteiger partial charge >= 0.3 is 272 Å². The van der Waals surface area contributed by atoms with Crippen molar-refractivity contribution in [2.24, 2.45) is 5.92 Å². The summed E-state index contributed by atoms with van der Waals surface area (Å²) in [5, 5.41) is 1.76. The molecule has 0 heterocycles. The number of fused-ring (bicyclic) bond motifs is 5. The fourth-order valence-corrected chi connectivity index (χ4v) is 22.4. The first-order valence-corrected chi connectivity index (χ1v) is 24.4. The molecule has 1 unspecified atom stereocenters. The summed E-state index contributed by atoms with van der Waals surface area (Å²) in [6.45, 7) is 27.2. The van der Waals surface area contributed by atoms with E-state index < -0.39 is 29.3 Å². The number of benzene rings is 2. The van der Waals surface area contributed by atoms with Gasteiger partial charge in [-0.3, -0.25) is 0 Å². The minimum Gasteiger partial charge on any atom is -1.00 e. The number of halogens is 2. The topological polar surface area (TPSA) is 0 Å². The zero-order valence-electron chi connectivity index (χ0n) is 29.5. The summed E-state index contributed by atoms with van der Waals surface area (Å²) in [6.07, 6.45) is 14.8. The summed E-state index contributed by atoms with van der Waals surface area (Å²) in [5.41, 5.74) is 17.4. The van der Waals surface area contributed by atoms with Gasteiger partial charge < -0.3 is 24.8 Å². The Morgan fingerprint density at radius 1 is 0.689 bits per heavy atom. The number of hydrogen-bond donors (Lipinski definition) is 0. The smallest absolute Gasteiger partial charge is 1.00 e. The van der Waals surface area contributed by atoms with Crippen molar-refractivity contribution in [1.29, 1.82) is 0 Å². The van der Waals surface area contributed by atoms with Gasteiger partial charge in [-0.1, -0.05) is 0 Å². The number of hydrogen-bond acceptors (Lipinski definition) is 0. The van der Waals surface area contributed by atoms with Crippen LogP contribution < -0.4 is 24.8 Å². The Morgan fingerprint density at radius 3 is 1.58 bits per heavy atom. The maximum Gasteiger partial charge on any atom is -1.00 e. The number of rotatable bonds is 3. The molecule has 0 N–H and O–H groups in total. The van der Waals surface area contributed by atoms with Gasteiger partial charge in [0.05, 0.1) is 0 Å². The molecule has 0 nitrogen and oxygen atoms in total. The van der Waals surface area contributed by atoms with Crippen LogP contribution in [0.5, 0.6) is 0 Å². The molecule has 5 aliphatic rings. The van der Waals surface area contributed by atoms with Crippen molar-refractivity contribution >= 4 is 22.4 Å². The fourth-order valence-electron chi connectivity index (χ4n) is 9.77. The third-order valence-electron chi connectivity index (χ3n) is 11.6. The molecule has 5 aliphatic carbocycles. The molecule has 0 aliphatic heterocycles. The van der Waals surface area contributed by atoms with E-state index in [0.717, 1.165) is 0 Å². The molecule has 238 valence electrons. The Morgan fingerprint density at radius 2 is 1.16 bits per heavy atom. The largest absolute Gasteiger partial charge is 1.00 e. The molecule has 0 radical (unpaired) electrons. The van der Waals surface area contributed by atoms with Crippen LogP contribution in [0.2, 0.25) is 19.6 Å². The van der Waals surface area contributed by atoms with Gasteiger partial charge in [0.25, 0.3) is 0 Å². The first-order valence-electron chi connectivity index (χ1n) is 17.0. The van der Waals surface area contributed by atoms with Crippen LogP contribution in [-0.2, 0) is 32.1 Å². The average molecular weight is 735 g/mol. The standard InChI is InChI=1S/C25H25.C10H17Si.C6H10.2ClH.Zr/c1-14-12-24(3,4)22-8-16-7-17-9-23-19(15(2)13-25(23,5)6)11-21(17)20(16)10-18(14)22;1-8-6-9(2)10(7-8)11(3,4)5;1-2-4-6-5-3-1;;;/h7-13H,1-6H3;7-8H,1-5H3;1-5H2;2*1H;/q;;;;;+2/p-2. The Balaban J connectivity index is 0.00000200. The molecule has 2 aromatic carbocycles. The van der Waals surface area contributed by atoms with Crippen LogP contribution in [0.25, 0.3) is 22.3 Å². The van der Waals surface area contributed by atoms with Crippen molar-refractivity contribution in [3.05, 3.63) is 89.9 Å². The number of allylic oxidation sites excluding steroid dienone is 8. The molecule has 4 heteroatoms. The van der Waals surface area contributed by atoms with E-state index in [9.17, 15) is 0 Å². The van der Waals surface area contributed by atoms with E-state index in [1.165, 1.54) is 54.4 Å². The molecule has 1 saturated carbocycles. The molecule has 2 aromatic rings. The zero-order chi connectivity index (χ0) is 30.8. The second kappa shape index (κ2) is 11.8. The molecular formula is C41H52Cl2SiZr. The summed E-state index contributed by atoms with van der Waals surface area (Å²) in [4.78, 5) is 0. The third kappa shape index (κ3) is 5.45. The van der Waals surface area contributed by atoms with Crippen LogP contribution in [-0.4, -0.2) is 11.3 Å². The quantitative estimate of drug-likeness (QED) is 0.359. The van der Waals surface area contributed by atoms with Gasteiger partial charge in [-0.15, -0.1) is 0 Å². The summed E-state index contributed by atoms with van der Waals surface area (Å²) in [6, 6.07) is 10.7. The van der Waals surface area contributed by atoms with E-state index in [4.69, 9.17) is 0 Å². The first-order chi connectivity index (χ1) is 20.1. The van der Waals surface area contributed by atoms with Crippen molar-refractivity contribution in [1.82, 2.24) is 0 Å². The summed E-state index contributed by atoms with van der Waals surface area (Å²) < 4.78 is 4.57. The maximum absolute atomic E-state index is 2.73. The van der Waals surface area contributed by atoms with Gasteiger partial charge in [-0.25, -0.2) is 0 Å². The van der Waals surface area contributed by atoms with Gasteiger partial charge in [0.15, 0.2) is 0 Å². The monoisotopic (exact) mass is 732 g/mol. The molecule has 1 atom stereocenters. The fraction of sp³-hybridized carbons (Fsp3) is 0.488. The van der Waals surface area contributed by atoms with Crippen LogP contribution in [0.1, 0.15) is 125 Å². The van der Waals surface area contributed by atoms with Gasteiger partial charge in [0, 0.05) is 0 Å². The van der Waals surface area contributed by atoms with Crippen LogP contribution in [0.3, 0.4) is 0 Å². The van der Waals surface area contributed by atoms with Gasteiger partial charge in [0.2, 0.25) is 0 Å². The van der Waals surface area contributed by atoms with Crippen molar-refractivity contribution < 1.29 is 46.1 Å². The Kier molecular flexibility index (Phi) is 9.27. The maximum atomic E-state index is 2.73. The van der Waals surface area contributed by atoms with Gasteiger partial charge in [0.1, 0.15) is 0 Å². The molecule has 1 fully saturated rings. The molecule has 7 rings (SSSR count). The Hall–Kier alpha value is -1.05. The zero-order valence-corrected chi connectivity index (χ0v) is 34.5. The second-order valence-corrected chi connectivity index (χ2v) is 28.3. The molecule has 0 saturated heterocycles.